The second-order valence-electron chi connectivity index (χ2n) is 3.70. The molecule has 6 heteroatoms. The average molecular weight is 429 g/mol. The fourth-order valence-corrected chi connectivity index (χ4v) is 3.28. The van der Waals surface area contributed by atoms with Crippen molar-refractivity contribution >= 4 is 63.2 Å². The molecule has 0 N–H and O–H groups in total. The topological polar surface area (TPSA) is 17.1 Å². The van der Waals surface area contributed by atoms with Crippen molar-refractivity contribution in [1.82, 2.24) is 0 Å². The Hall–Kier alpha value is -0.360. The molecule has 0 aliphatic carbocycles. The molecule has 0 amide bonds. The monoisotopic (exact) mass is 428 g/mol. The molecule has 0 spiro atoms. The zero-order chi connectivity index (χ0) is 14.2. The zero-order valence-corrected chi connectivity index (χ0v) is 13.6. The fraction of sp³-hybridized carbons (Fsp3) is 0. The maximum Gasteiger partial charge on any atom is 0.197 e. The lowest BCUT2D eigenvalue weighted by Crippen LogP contribution is -2.06. The summed E-state index contributed by atoms with van der Waals surface area (Å²) in [4.78, 5) is 12.4. The highest BCUT2D eigenvalue weighted by atomic mass is 127. The Labute approximate surface area is 137 Å². The molecule has 19 heavy (non-hydrogen) atoms. The molecule has 0 aromatic heterocycles. The van der Waals surface area contributed by atoms with Crippen molar-refractivity contribution in [3.8, 4) is 0 Å². The van der Waals surface area contributed by atoms with Crippen LogP contribution in [0.3, 0.4) is 0 Å². The highest BCUT2D eigenvalue weighted by Gasteiger charge is 2.19. The minimum Gasteiger partial charge on any atom is -0.288 e. The first-order valence-electron chi connectivity index (χ1n) is 5.04. The van der Waals surface area contributed by atoms with E-state index in [0.717, 1.165) is 0 Å². The Balaban J connectivity index is 2.56. The summed E-state index contributed by atoms with van der Waals surface area (Å²) in [7, 11) is 0. The highest BCUT2D eigenvalue weighted by Crippen LogP contribution is 2.31. The first-order chi connectivity index (χ1) is 8.90. The Bertz CT molecular complexity index is 650. The fourth-order valence-electron chi connectivity index (χ4n) is 1.57. The van der Waals surface area contributed by atoms with E-state index >= 15 is 0 Å². The van der Waals surface area contributed by atoms with Gasteiger partial charge in [0.25, 0.3) is 0 Å². The van der Waals surface area contributed by atoms with Gasteiger partial charge in [-0.25, -0.2) is 4.39 Å². The lowest BCUT2D eigenvalue weighted by atomic mass is 10.0. The Morgan fingerprint density at radius 1 is 1.05 bits per heavy atom. The highest BCUT2D eigenvalue weighted by molar-refractivity contribution is 14.1. The Morgan fingerprint density at radius 2 is 1.63 bits per heavy atom. The van der Waals surface area contributed by atoms with Gasteiger partial charge in [-0.1, -0.05) is 34.8 Å². The maximum atomic E-state index is 13.0. The largest absolute Gasteiger partial charge is 0.288 e. The summed E-state index contributed by atoms with van der Waals surface area (Å²) in [6.07, 6.45) is 0. The number of hydrogen-bond donors (Lipinski definition) is 0. The van der Waals surface area contributed by atoms with Gasteiger partial charge in [-0.15, -0.1) is 0 Å². The van der Waals surface area contributed by atoms with Crippen LogP contribution in [0, 0.1) is 9.39 Å². The van der Waals surface area contributed by atoms with E-state index in [2.05, 4.69) is 0 Å². The maximum absolute atomic E-state index is 13.0. The summed E-state index contributed by atoms with van der Waals surface area (Å²) >= 11 is 19.7. The molecule has 1 nitrogen and oxygen atoms in total. The first-order valence-corrected chi connectivity index (χ1v) is 7.25. The predicted octanol–water partition coefficient (Wildman–Crippen LogP) is 5.62. The Kier molecular flexibility index (Phi) is 4.71. The standard InChI is InChI=1S/C13H5Cl3FIO/c14-6-3-9(15)12(10(16)4-6)13(19)8-2-1-7(17)5-11(8)18/h1-5H. The van der Waals surface area contributed by atoms with Crippen LogP contribution >= 0.6 is 57.4 Å². The second kappa shape index (κ2) is 5.95. The minimum absolute atomic E-state index is 0.164. The lowest BCUT2D eigenvalue weighted by molar-refractivity contribution is 0.103. The van der Waals surface area contributed by atoms with E-state index in [1.165, 1.54) is 30.3 Å². The number of benzene rings is 2. The van der Waals surface area contributed by atoms with Gasteiger partial charge in [-0.3, -0.25) is 4.79 Å². The number of ketones is 1. The molecule has 0 aliphatic heterocycles. The van der Waals surface area contributed by atoms with Crippen LogP contribution in [0.4, 0.5) is 4.39 Å². The molecule has 0 atom stereocenters. The van der Waals surface area contributed by atoms with Crippen LogP contribution in [0.1, 0.15) is 15.9 Å². The normalized spacial score (nSPS) is 10.6. The summed E-state index contributed by atoms with van der Waals surface area (Å²) in [6.45, 7) is 0. The van der Waals surface area contributed by atoms with E-state index in [1.807, 2.05) is 22.6 Å². The number of hydrogen-bond acceptors (Lipinski definition) is 1. The van der Waals surface area contributed by atoms with Gasteiger partial charge < -0.3 is 0 Å². The van der Waals surface area contributed by atoms with Crippen LogP contribution in [0.25, 0.3) is 0 Å². The molecule has 0 unspecified atom stereocenters. The second-order valence-corrected chi connectivity index (χ2v) is 6.11. The quantitative estimate of drug-likeness (QED) is 0.447. The number of carbonyl (C=O) groups excluding carboxylic acids is 1. The van der Waals surface area contributed by atoms with Crippen molar-refractivity contribution < 1.29 is 9.18 Å². The molecule has 0 heterocycles. The number of rotatable bonds is 2. The van der Waals surface area contributed by atoms with Crippen LogP contribution in [0.15, 0.2) is 30.3 Å². The summed E-state index contributed by atoms with van der Waals surface area (Å²) in [6, 6.07) is 6.77. The molecule has 2 rings (SSSR count). The zero-order valence-electron chi connectivity index (χ0n) is 9.18. The van der Waals surface area contributed by atoms with Crippen LogP contribution in [0.5, 0.6) is 0 Å². The molecule has 0 radical (unpaired) electrons. The third kappa shape index (κ3) is 3.21. The van der Waals surface area contributed by atoms with Crippen LogP contribution in [0.2, 0.25) is 15.1 Å². The van der Waals surface area contributed by atoms with Gasteiger partial charge in [0.1, 0.15) is 5.82 Å². The van der Waals surface area contributed by atoms with E-state index in [-0.39, 0.29) is 21.4 Å². The molecule has 2 aromatic rings. The molecule has 98 valence electrons. The molecule has 2 aromatic carbocycles. The van der Waals surface area contributed by atoms with Gasteiger partial charge in [-0.2, -0.15) is 0 Å². The van der Waals surface area contributed by atoms with E-state index in [0.29, 0.717) is 14.2 Å². The van der Waals surface area contributed by atoms with Crippen LogP contribution in [-0.2, 0) is 0 Å². The van der Waals surface area contributed by atoms with Gasteiger partial charge in [0.2, 0.25) is 0 Å². The van der Waals surface area contributed by atoms with Crippen molar-refractivity contribution in [2.45, 2.75) is 0 Å². The predicted molar refractivity (Wildman–Crippen MR) is 84.0 cm³/mol. The molecule has 0 fully saturated rings. The third-order valence-corrected chi connectivity index (χ3v) is 4.12. The van der Waals surface area contributed by atoms with Gasteiger partial charge in [0, 0.05) is 14.2 Å². The van der Waals surface area contributed by atoms with Crippen LogP contribution in [-0.4, -0.2) is 5.78 Å². The van der Waals surface area contributed by atoms with Gasteiger partial charge in [-0.05, 0) is 52.9 Å². The average Bonchev–Trinajstić information content (AvgIpc) is 2.26. The first kappa shape index (κ1) is 15.0. The van der Waals surface area contributed by atoms with E-state index in [1.54, 1.807) is 0 Å². The molecule has 0 aliphatic rings. The van der Waals surface area contributed by atoms with Crippen molar-refractivity contribution in [2.75, 3.05) is 0 Å². The van der Waals surface area contributed by atoms with Crippen molar-refractivity contribution in [3.63, 3.8) is 0 Å². The molecule has 0 saturated carbocycles. The summed E-state index contributed by atoms with van der Waals surface area (Å²) in [5.74, 6) is -0.773. The summed E-state index contributed by atoms with van der Waals surface area (Å²) in [5, 5.41) is 0.686. The lowest BCUT2D eigenvalue weighted by Gasteiger charge is -2.08. The van der Waals surface area contributed by atoms with Crippen molar-refractivity contribution in [3.05, 3.63) is 65.9 Å². The molecular weight excluding hydrogens is 424 g/mol. The minimum atomic E-state index is -0.408. The van der Waals surface area contributed by atoms with E-state index in [4.69, 9.17) is 34.8 Å². The van der Waals surface area contributed by atoms with Crippen molar-refractivity contribution in [2.24, 2.45) is 0 Å². The summed E-state index contributed by atoms with van der Waals surface area (Å²) < 4.78 is 13.5. The Morgan fingerprint density at radius 3 is 2.16 bits per heavy atom. The molecule has 0 saturated heterocycles. The third-order valence-electron chi connectivity index (χ3n) is 2.41. The van der Waals surface area contributed by atoms with E-state index < -0.39 is 5.82 Å². The van der Waals surface area contributed by atoms with Crippen molar-refractivity contribution in [1.29, 1.82) is 0 Å². The molecular formula is C13H5Cl3FIO. The SMILES string of the molecule is O=C(c1ccc(F)cc1I)c1c(Cl)cc(Cl)cc1Cl. The van der Waals surface area contributed by atoms with Crippen LogP contribution < -0.4 is 0 Å². The molecule has 0 bridgehead atoms. The van der Waals surface area contributed by atoms with Gasteiger partial charge in [0.05, 0.1) is 15.6 Å². The van der Waals surface area contributed by atoms with Gasteiger partial charge >= 0.3 is 0 Å². The smallest absolute Gasteiger partial charge is 0.197 e. The number of carbonyl (C=O) groups is 1. The summed E-state index contributed by atoms with van der Waals surface area (Å²) in [5.41, 5.74) is 0.505. The van der Waals surface area contributed by atoms with Gasteiger partial charge in [0.15, 0.2) is 5.78 Å². The number of halogens is 5. The van der Waals surface area contributed by atoms with E-state index in [9.17, 15) is 9.18 Å².